The van der Waals surface area contributed by atoms with E-state index >= 15 is 0 Å². The van der Waals surface area contributed by atoms with Crippen LogP contribution in [0.25, 0.3) is 5.57 Å². The molecule has 2 aromatic carbocycles. The highest BCUT2D eigenvalue weighted by Gasteiger charge is 2.25. The third-order valence-electron chi connectivity index (χ3n) is 6.32. The van der Waals surface area contributed by atoms with Crippen molar-refractivity contribution in [1.82, 2.24) is 5.32 Å². The lowest BCUT2D eigenvalue weighted by molar-refractivity contribution is -0.135. The van der Waals surface area contributed by atoms with Crippen molar-refractivity contribution in [3.05, 3.63) is 65.0 Å². The highest BCUT2D eigenvalue weighted by Crippen LogP contribution is 2.33. The standard InChI is InChI=1S/C29H38NO6PS/c1-5-30-22(3)17-23-9-11-25(12-10-23)35-14-13-21(2)19-34-15-16-38(32,33)26-8-6-7-24(18-26)27-20-36-29(31)28(27)37-4/h6-12,18,21-22,30H,4-5,13-17,19-20H2,1-3H3. The molecule has 7 nitrogen and oxygen atoms in total. The van der Waals surface area contributed by atoms with Crippen LogP contribution in [0.2, 0.25) is 0 Å². The largest absolute Gasteiger partial charge is 0.494 e. The van der Waals surface area contributed by atoms with Crippen LogP contribution in [0, 0.1) is 5.92 Å². The minimum Gasteiger partial charge on any atom is -0.494 e. The van der Waals surface area contributed by atoms with Crippen LogP contribution in [-0.2, 0) is 30.5 Å². The van der Waals surface area contributed by atoms with Gasteiger partial charge in [0.25, 0.3) is 0 Å². The summed E-state index contributed by atoms with van der Waals surface area (Å²) in [6.45, 7) is 8.58. The molecule has 2 unspecified atom stereocenters. The number of sulfone groups is 1. The Morgan fingerprint density at radius 1 is 1.13 bits per heavy atom. The van der Waals surface area contributed by atoms with Gasteiger partial charge in [0.15, 0.2) is 9.84 Å². The van der Waals surface area contributed by atoms with Gasteiger partial charge in [0.2, 0.25) is 0 Å². The van der Waals surface area contributed by atoms with Crippen LogP contribution in [0.5, 0.6) is 5.75 Å². The maximum absolute atomic E-state index is 12.9. The first-order valence-electron chi connectivity index (χ1n) is 13.0. The van der Waals surface area contributed by atoms with E-state index in [1.54, 1.807) is 24.3 Å². The lowest BCUT2D eigenvalue weighted by Gasteiger charge is -2.14. The van der Waals surface area contributed by atoms with Crippen LogP contribution < -0.4 is 10.1 Å². The quantitative estimate of drug-likeness (QED) is 0.180. The van der Waals surface area contributed by atoms with Crippen molar-refractivity contribution in [3.63, 3.8) is 0 Å². The fraction of sp³-hybridized carbons (Fsp3) is 0.448. The topological polar surface area (TPSA) is 90.9 Å². The number of esters is 1. The van der Waals surface area contributed by atoms with Crippen molar-refractivity contribution in [3.8, 4) is 5.75 Å². The lowest BCUT2D eigenvalue weighted by atomic mass is 10.1. The number of likely N-dealkylation sites (N-methyl/N-ethyl adjacent to an activating group) is 1. The molecule has 0 fully saturated rings. The van der Waals surface area contributed by atoms with Crippen molar-refractivity contribution in [2.75, 3.05) is 38.7 Å². The van der Waals surface area contributed by atoms with E-state index in [0.717, 1.165) is 25.1 Å². The minimum atomic E-state index is -3.54. The first kappa shape index (κ1) is 30.0. The fourth-order valence-electron chi connectivity index (χ4n) is 4.18. The molecule has 38 heavy (non-hydrogen) atoms. The molecule has 9 heteroatoms. The number of benzene rings is 2. The van der Waals surface area contributed by atoms with Crippen molar-refractivity contribution < 1.29 is 27.4 Å². The lowest BCUT2D eigenvalue weighted by Crippen LogP contribution is -2.27. The number of carbonyl (C=O) groups excluding carboxylic acids is 1. The number of carbonyl (C=O) groups is 1. The maximum Gasteiger partial charge on any atom is 0.343 e. The summed E-state index contributed by atoms with van der Waals surface area (Å²) in [5.41, 5.74) is 2.62. The van der Waals surface area contributed by atoms with E-state index in [1.807, 2.05) is 12.1 Å². The summed E-state index contributed by atoms with van der Waals surface area (Å²) in [6, 6.07) is 15.3. The number of ether oxygens (including phenoxy) is 3. The molecule has 1 heterocycles. The Balaban J connectivity index is 1.40. The first-order valence-corrected chi connectivity index (χ1v) is 15.7. The van der Waals surface area contributed by atoms with E-state index in [1.165, 1.54) is 5.56 Å². The molecule has 0 bridgehead atoms. The predicted molar refractivity (Wildman–Crippen MR) is 154 cm³/mol. The Labute approximate surface area is 228 Å². The van der Waals surface area contributed by atoms with Gasteiger partial charge >= 0.3 is 5.97 Å². The highest BCUT2D eigenvalue weighted by molar-refractivity contribution is 7.91. The second-order valence-electron chi connectivity index (χ2n) is 9.53. The summed E-state index contributed by atoms with van der Waals surface area (Å²) in [5.74, 6) is 0.555. The van der Waals surface area contributed by atoms with Crippen LogP contribution in [0.15, 0.2) is 58.7 Å². The molecular weight excluding hydrogens is 521 g/mol. The molecule has 0 saturated heterocycles. The molecular formula is C29H38NO6PS. The normalized spacial score (nSPS) is 15.5. The Morgan fingerprint density at radius 2 is 1.89 bits per heavy atom. The van der Waals surface area contributed by atoms with Gasteiger partial charge in [-0.15, -0.1) is 0 Å². The number of rotatable bonds is 16. The SMILES string of the molecule is C=PC1=C(c2cccc(S(=O)(=O)CCOCC(C)CCOc3ccc(CC(C)NCC)cc3)c2)COC1=O. The van der Waals surface area contributed by atoms with E-state index in [-0.39, 0.29) is 29.8 Å². The summed E-state index contributed by atoms with van der Waals surface area (Å²) < 4.78 is 42.4. The van der Waals surface area contributed by atoms with Crippen LogP contribution in [0.4, 0.5) is 0 Å². The van der Waals surface area contributed by atoms with Crippen molar-refractivity contribution in [1.29, 1.82) is 0 Å². The summed E-state index contributed by atoms with van der Waals surface area (Å²) in [4.78, 5) is 12.0. The van der Waals surface area contributed by atoms with Crippen LogP contribution in [0.1, 0.15) is 38.3 Å². The Morgan fingerprint density at radius 3 is 2.61 bits per heavy atom. The Hall–Kier alpha value is -2.51. The van der Waals surface area contributed by atoms with E-state index in [4.69, 9.17) is 14.2 Å². The molecule has 0 spiro atoms. The molecule has 0 saturated carbocycles. The summed E-state index contributed by atoms with van der Waals surface area (Å²) in [5, 5.41) is 3.88. The zero-order valence-electron chi connectivity index (χ0n) is 22.4. The molecule has 206 valence electrons. The van der Waals surface area contributed by atoms with E-state index in [9.17, 15) is 13.2 Å². The van der Waals surface area contributed by atoms with Crippen LogP contribution in [-0.4, -0.2) is 65.5 Å². The van der Waals surface area contributed by atoms with Gasteiger partial charge in [-0.05, 0) is 67.6 Å². The van der Waals surface area contributed by atoms with Crippen molar-refractivity contribution in [2.45, 2.75) is 44.6 Å². The summed E-state index contributed by atoms with van der Waals surface area (Å²) in [7, 11) is -2.98. The summed E-state index contributed by atoms with van der Waals surface area (Å²) in [6.07, 6.45) is 5.53. The summed E-state index contributed by atoms with van der Waals surface area (Å²) >= 11 is 0. The smallest absolute Gasteiger partial charge is 0.343 e. The Bertz CT molecular complexity index is 1230. The third kappa shape index (κ3) is 8.77. The second-order valence-corrected chi connectivity index (χ2v) is 12.4. The second kappa shape index (κ2) is 14.6. The van der Waals surface area contributed by atoms with Gasteiger partial charge in [-0.25, -0.2) is 13.2 Å². The highest BCUT2D eigenvalue weighted by atomic mass is 32.2. The minimum absolute atomic E-state index is 0.109. The van der Waals surface area contributed by atoms with Crippen LogP contribution >= 0.6 is 8.20 Å². The van der Waals surface area contributed by atoms with Gasteiger partial charge in [0, 0.05) is 18.2 Å². The van der Waals surface area contributed by atoms with Gasteiger partial charge < -0.3 is 19.5 Å². The average molecular weight is 560 g/mol. The number of nitrogens with one attached hydrogen (secondary N) is 1. The van der Waals surface area contributed by atoms with E-state index in [2.05, 4.69) is 44.5 Å². The zero-order chi connectivity index (χ0) is 27.5. The van der Waals surface area contributed by atoms with Crippen LogP contribution in [0.3, 0.4) is 0 Å². The van der Waals surface area contributed by atoms with Gasteiger partial charge in [0.05, 0.1) is 29.2 Å². The van der Waals surface area contributed by atoms with E-state index in [0.29, 0.717) is 43.9 Å². The molecule has 3 rings (SSSR count). The van der Waals surface area contributed by atoms with Crippen molar-refractivity contribution in [2.24, 2.45) is 5.92 Å². The molecule has 0 aliphatic carbocycles. The molecule has 1 aliphatic rings. The molecule has 1 aliphatic heterocycles. The number of cyclic esters (lactones) is 1. The fourth-order valence-corrected chi connectivity index (χ4v) is 5.93. The van der Waals surface area contributed by atoms with Gasteiger partial charge in [-0.3, -0.25) is 0 Å². The first-order chi connectivity index (χ1) is 18.2. The molecule has 0 radical (unpaired) electrons. The van der Waals surface area contributed by atoms with Crippen molar-refractivity contribution >= 4 is 35.9 Å². The van der Waals surface area contributed by atoms with E-state index < -0.39 is 15.8 Å². The van der Waals surface area contributed by atoms with Gasteiger partial charge in [-0.1, -0.05) is 52.6 Å². The Kier molecular flexibility index (Phi) is 11.5. The van der Waals surface area contributed by atoms with Gasteiger partial charge in [0.1, 0.15) is 12.4 Å². The number of hydrogen-bond acceptors (Lipinski definition) is 7. The molecule has 0 aromatic heterocycles. The predicted octanol–water partition coefficient (Wildman–Crippen LogP) is 4.77. The zero-order valence-corrected chi connectivity index (χ0v) is 24.2. The molecule has 1 N–H and O–H groups in total. The average Bonchev–Trinajstić information content (AvgIpc) is 3.28. The maximum atomic E-state index is 12.9. The van der Waals surface area contributed by atoms with Gasteiger partial charge in [-0.2, -0.15) is 0 Å². The molecule has 2 atom stereocenters. The number of hydrogen-bond donors (Lipinski definition) is 1. The molecule has 2 aromatic rings. The third-order valence-corrected chi connectivity index (χ3v) is 8.77. The monoisotopic (exact) mass is 559 g/mol. The molecule has 0 amide bonds.